The van der Waals surface area contributed by atoms with Gasteiger partial charge in [-0.1, -0.05) is 60.4 Å². The van der Waals surface area contributed by atoms with E-state index in [9.17, 15) is 24.0 Å². The molecule has 0 bridgehead atoms. The molecule has 87 heavy (non-hydrogen) atoms. The van der Waals surface area contributed by atoms with Crippen molar-refractivity contribution in [2.45, 2.75) is 192 Å². The molecule has 2 N–H and O–H groups in total. The van der Waals surface area contributed by atoms with Crippen LogP contribution >= 0.6 is 64.9 Å². The van der Waals surface area contributed by atoms with Gasteiger partial charge in [0.15, 0.2) is 0 Å². The van der Waals surface area contributed by atoms with Crippen molar-refractivity contribution in [3.8, 4) is 0 Å². The molecule has 6 fully saturated rings. The van der Waals surface area contributed by atoms with Crippen molar-refractivity contribution in [3.05, 3.63) is 111 Å². The first kappa shape index (κ1) is 76.2. The van der Waals surface area contributed by atoms with Gasteiger partial charge in [-0.2, -0.15) is 0 Å². The number of carbonyl (C=O) groups is 5. The number of likely N-dealkylation sites (tertiary alicyclic amines) is 3. The Labute approximate surface area is 578 Å². The van der Waals surface area contributed by atoms with E-state index >= 15 is 0 Å². The zero-order valence-corrected chi connectivity index (χ0v) is 65.6. The summed E-state index contributed by atoms with van der Waals surface area (Å²) in [6.07, 6.45) is 12.8. The van der Waals surface area contributed by atoms with Gasteiger partial charge in [0.2, 0.25) is 0 Å². The van der Waals surface area contributed by atoms with Crippen LogP contribution in [0.15, 0.2) is 81.6 Å². The third-order valence-corrected chi connectivity index (χ3v) is 15.7. The molecule has 0 radical (unpaired) electrons. The number of anilines is 2. The number of alkyl halides is 1. The van der Waals surface area contributed by atoms with Gasteiger partial charge in [0.05, 0.1) is 13.1 Å². The summed E-state index contributed by atoms with van der Waals surface area (Å²) in [6, 6.07) is 24.0. The third kappa shape index (κ3) is 28.0. The van der Waals surface area contributed by atoms with Crippen LogP contribution in [0.4, 0.5) is 35.3 Å². The fourth-order valence-corrected chi connectivity index (χ4v) is 11.0. The van der Waals surface area contributed by atoms with Crippen LogP contribution in [-0.2, 0) is 66.3 Å². The number of benzene rings is 2. The Morgan fingerprint density at radius 2 is 0.931 bits per heavy atom. The Hall–Kier alpha value is -3.25. The Morgan fingerprint density at radius 1 is 0.563 bits per heavy atom. The number of halogens is 3. The number of hydrogen-bond donors (Lipinski definition) is 2. The average Bonchev–Trinajstić information content (AvgIpc) is 2.57. The second-order valence-electron chi connectivity index (χ2n) is 25.2. The van der Waals surface area contributed by atoms with Crippen molar-refractivity contribution in [1.29, 1.82) is 0 Å². The fraction of sp³-hybridized carbons (Fsp3) is 0.594. The monoisotopic (exact) mass is 1640 g/mol. The second kappa shape index (κ2) is 37.3. The van der Waals surface area contributed by atoms with Crippen molar-refractivity contribution >= 4 is 107 Å². The third-order valence-electron chi connectivity index (χ3n) is 14.2. The standard InChI is InChI=1S/C26H35N3O4.C18H21IN2O2.C8H14INO2.C8H14NO2.C4H8O.HI.2Zn/c1-18-9-14-23(32-18)17-29(22-7-5-6-8-22)24(30)27-21-12-10-19(11-13-21)20-15-28(16-20)25(31)33-26(2,3)4;1-13-6-11-17(23-13)12-21(16-4-2-3-5-16)18(22)20-15-9-7-14(19)8-10-15;1-8(2,3)12-7(11)10-4-6(9)5-10;1-8(2,3)11-7(10)9-5-4-6-9;1-2-4-5-3-1;;;/h9-14,20,22H,5-8,15-17H2,1-4H3,(H,27,30);6-11,16H,2-5,12H2,1H3,(H,20,22);6H,4-5H2,1-3H3;4H,5-6H2,1-3H3;1-4H2;1H;;/q;;;-1;;;;+2/p-1. The number of furan rings is 2. The van der Waals surface area contributed by atoms with E-state index in [-0.39, 0.29) is 67.1 Å². The van der Waals surface area contributed by atoms with E-state index in [1.165, 1.54) is 40.5 Å². The van der Waals surface area contributed by atoms with E-state index in [0.29, 0.717) is 42.1 Å². The van der Waals surface area contributed by atoms with Gasteiger partial charge in [-0.25, -0.2) is 24.0 Å². The summed E-state index contributed by atoms with van der Waals surface area (Å²) in [5, 5.41) is 6.08. The molecule has 2 aromatic carbocycles. The molecule has 474 valence electrons. The minimum absolute atomic E-state index is 0. The van der Waals surface area contributed by atoms with Crippen LogP contribution in [0.25, 0.3) is 0 Å². The van der Waals surface area contributed by atoms with Gasteiger partial charge >= 0.3 is 64.9 Å². The molecule has 0 atom stereocenters. The Morgan fingerprint density at radius 3 is 1.24 bits per heavy atom. The molecule has 0 unspecified atom stereocenters. The molecule has 2 aromatic heterocycles. The predicted octanol–water partition coefficient (Wildman–Crippen LogP) is 16.2. The first-order chi connectivity index (χ1) is 40.7. The molecule has 6 aliphatic rings. The van der Waals surface area contributed by atoms with Crippen molar-refractivity contribution < 1.29 is 86.0 Å². The number of hydrogen-bond acceptors (Lipinski definition) is 11. The quantitative estimate of drug-likeness (QED) is 0.0533. The number of amides is 7. The minimum Gasteiger partial charge on any atom is 0 e. The van der Waals surface area contributed by atoms with Crippen molar-refractivity contribution in [2.75, 3.05) is 63.1 Å². The van der Waals surface area contributed by atoms with Gasteiger partial charge in [-0.05, 0) is 204 Å². The summed E-state index contributed by atoms with van der Waals surface area (Å²) in [7, 11) is 0. The molecular weight excluding hydrogens is 1550 g/mol. The zero-order chi connectivity index (χ0) is 63.2. The van der Waals surface area contributed by atoms with Crippen molar-refractivity contribution in [1.82, 2.24) is 24.5 Å². The van der Waals surface area contributed by atoms with Crippen LogP contribution in [0.5, 0.6) is 0 Å². The summed E-state index contributed by atoms with van der Waals surface area (Å²) < 4.78 is 33.8. The van der Waals surface area contributed by atoms with Crippen LogP contribution in [-0.4, -0.2) is 140 Å². The molecule has 23 heteroatoms. The first-order valence-electron chi connectivity index (χ1n) is 30.0. The largest absolute Gasteiger partial charge is 0 e. The van der Waals surface area contributed by atoms with Crippen LogP contribution in [0, 0.1) is 23.8 Å². The smallest absolute Gasteiger partial charge is 0 e. The molecule has 2 saturated carbocycles. The molecule has 6 heterocycles. The Balaban J connectivity index is 0.000000258. The summed E-state index contributed by atoms with van der Waals surface area (Å²) >= 11 is 8.21. The van der Waals surface area contributed by atoms with E-state index in [2.05, 4.69) is 75.6 Å². The van der Waals surface area contributed by atoms with Crippen molar-refractivity contribution in [3.63, 3.8) is 0 Å². The van der Waals surface area contributed by atoms with E-state index < -0.39 is 5.60 Å². The molecule has 0 spiro atoms. The maximum Gasteiger partial charge on any atom is 0 e. The molecule has 4 saturated heterocycles. The van der Waals surface area contributed by atoms with Gasteiger partial charge in [0.1, 0.15) is 39.8 Å². The minimum atomic E-state index is -0.482. The summed E-state index contributed by atoms with van der Waals surface area (Å²) in [6.45, 7) is 28.1. The van der Waals surface area contributed by atoms with Crippen molar-refractivity contribution in [2.24, 2.45) is 0 Å². The van der Waals surface area contributed by atoms with Gasteiger partial charge in [0, 0.05) is 95.7 Å². The Kier molecular flexibility index (Phi) is 32.7. The van der Waals surface area contributed by atoms with Crippen LogP contribution in [0.2, 0.25) is 0 Å². The number of nitrogens with zero attached hydrogens (tertiary/aromatic N) is 5. The summed E-state index contributed by atoms with van der Waals surface area (Å²) in [5.41, 5.74) is 1.54. The number of urea groups is 2. The van der Waals surface area contributed by atoms with Crippen LogP contribution < -0.4 is 10.6 Å². The Bertz CT molecular complexity index is 2690. The molecule has 4 aromatic rings. The van der Waals surface area contributed by atoms with E-state index in [4.69, 9.17) is 27.8 Å². The fourth-order valence-electron chi connectivity index (χ4n) is 9.71. The topological polar surface area (TPSA) is 189 Å². The van der Waals surface area contributed by atoms with Gasteiger partial charge < -0.3 is 62.9 Å². The van der Waals surface area contributed by atoms with Gasteiger partial charge in [-0.15, -0.1) is 13.1 Å². The van der Waals surface area contributed by atoms with Crippen LogP contribution in [0.3, 0.4) is 0 Å². The number of ether oxygens (including phenoxy) is 4. The zero-order valence-electron chi connectivity index (χ0n) is 53.2. The number of rotatable bonds is 9. The van der Waals surface area contributed by atoms with E-state index in [1.54, 1.807) is 14.7 Å². The second-order valence-corrected chi connectivity index (χ2v) is 28.2. The molecular formula is C64H92I3N7O11Zn2. The predicted molar refractivity (Wildman–Crippen MR) is 358 cm³/mol. The molecule has 10 rings (SSSR count). The van der Waals surface area contributed by atoms with E-state index in [0.717, 1.165) is 121 Å². The number of nitrogens with one attached hydrogen (secondary N) is 2. The summed E-state index contributed by atoms with van der Waals surface area (Å²) in [5.74, 6) is 3.68. The maximum atomic E-state index is 13.1. The summed E-state index contributed by atoms with van der Waals surface area (Å²) in [4.78, 5) is 69.4. The van der Waals surface area contributed by atoms with Gasteiger partial charge in [-0.3, -0.25) is 6.42 Å². The number of aryl methyl sites for hydroxylation is 2. The molecule has 4 aliphatic heterocycles. The first-order valence-corrected chi connectivity index (χ1v) is 41.4. The van der Waals surface area contributed by atoms with Gasteiger partial charge in [0.25, 0.3) is 0 Å². The average molecular weight is 1650 g/mol. The van der Waals surface area contributed by atoms with E-state index in [1.807, 2.05) is 165 Å². The molecule has 7 amide bonds. The molecule has 2 aliphatic carbocycles. The number of carbonyl (C=O) groups excluding carboxylic acids is 5. The maximum absolute atomic E-state index is 13.1. The normalized spacial score (nSPS) is 16.7. The van der Waals surface area contributed by atoms with Crippen LogP contribution in [0.1, 0.15) is 161 Å². The molecule has 18 nitrogen and oxygen atoms in total. The SMILES string of the molecule is C1CCOC1.CC(C)(C)OC(=O)N1CC(I)C1.CC(C)(C)OC(=O)N1C[CH-]C1.Cc1ccc(CN(C(=O)Nc2ccc(C3CN(C(=O)OC(C)(C)C)C3)cc2)C2CCCC2)o1.Cc1ccc(CN(C(=O)Nc2ccc(I)cc2)C2CCCC2)o1.[Zn+][I].[Zn].